The Bertz CT molecular complexity index is 1780. The highest BCUT2D eigenvalue weighted by atomic mass is 32.2. The third kappa shape index (κ3) is 8.43. The maximum absolute atomic E-state index is 12.6. The number of likely N-dealkylation sites (tertiary alicyclic amines) is 1. The Kier molecular flexibility index (Phi) is 9.97. The van der Waals surface area contributed by atoms with Crippen molar-refractivity contribution in [3.8, 4) is 23.1 Å². The molecule has 46 heavy (non-hydrogen) atoms. The minimum Gasteiger partial charge on any atom is -0.493 e. The summed E-state index contributed by atoms with van der Waals surface area (Å²) in [5.41, 5.74) is 0.873. The molecular weight excluding hydrogens is 612 g/mol. The lowest BCUT2D eigenvalue weighted by molar-refractivity contribution is 0.204. The van der Waals surface area contributed by atoms with Crippen molar-refractivity contribution in [3.05, 3.63) is 54.6 Å². The summed E-state index contributed by atoms with van der Waals surface area (Å²) >= 11 is 0. The highest BCUT2D eigenvalue weighted by Gasteiger charge is 2.26. The summed E-state index contributed by atoms with van der Waals surface area (Å²) in [7, 11) is -1.42. The number of benzene rings is 2. The van der Waals surface area contributed by atoms with Crippen molar-refractivity contribution in [2.24, 2.45) is 0 Å². The van der Waals surface area contributed by atoms with Gasteiger partial charge in [0.2, 0.25) is 5.88 Å². The molecule has 2 amide bonds. The number of nitrogens with zero attached hydrogens (tertiary/aromatic N) is 4. The lowest BCUT2D eigenvalue weighted by Crippen LogP contribution is -2.39. The van der Waals surface area contributed by atoms with Crippen LogP contribution in [0.15, 0.2) is 53.3 Å². The van der Waals surface area contributed by atoms with Crippen molar-refractivity contribution in [2.75, 3.05) is 50.2 Å². The summed E-state index contributed by atoms with van der Waals surface area (Å²) in [4.78, 5) is 23.6. The summed E-state index contributed by atoms with van der Waals surface area (Å²) in [6, 6.07) is 11.7. The molecule has 1 saturated heterocycles. The number of hydrogen-bond donors (Lipinski definition) is 2. The largest absolute Gasteiger partial charge is 0.493 e. The Labute approximate surface area is 268 Å². The topological polar surface area (TPSA) is 158 Å². The number of sulfone groups is 1. The van der Waals surface area contributed by atoms with E-state index in [4.69, 9.17) is 18.7 Å². The summed E-state index contributed by atoms with van der Waals surface area (Å²) < 4.78 is 46.8. The van der Waals surface area contributed by atoms with Gasteiger partial charge in [-0.05, 0) is 50.6 Å². The van der Waals surface area contributed by atoms with Gasteiger partial charge in [0.05, 0.1) is 29.9 Å². The average molecular weight is 653 g/mol. The molecule has 2 aromatic carbocycles. The summed E-state index contributed by atoms with van der Waals surface area (Å²) in [5, 5.41) is 9.74. The van der Waals surface area contributed by atoms with Gasteiger partial charge in [-0.1, -0.05) is 32.0 Å². The second-order valence-corrected chi connectivity index (χ2v) is 14.6. The first-order chi connectivity index (χ1) is 21.9. The van der Waals surface area contributed by atoms with Gasteiger partial charge in [0.15, 0.2) is 17.3 Å². The number of hydrogen-bond acceptors (Lipinski definition) is 11. The number of fused-ring (bicyclic) bond motifs is 1. The van der Waals surface area contributed by atoms with E-state index in [9.17, 15) is 13.2 Å². The highest BCUT2D eigenvalue weighted by molar-refractivity contribution is 7.91. The predicted molar refractivity (Wildman–Crippen MR) is 175 cm³/mol. The van der Waals surface area contributed by atoms with E-state index in [2.05, 4.69) is 30.7 Å². The van der Waals surface area contributed by atoms with Gasteiger partial charge in [-0.25, -0.2) is 23.2 Å². The quantitative estimate of drug-likeness (QED) is 0.193. The summed E-state index contributed by atoms with van der Waals surface area (Å²) in [6.07, 6.45) is 4.81. The number of urea groups is 1. The van der Waals surface area contributed by atoms with E-state index in [-0.39, 0.29) is 10.7 Å². The molecule has 4 aromatic rings. The fourth-order valence-corrected chi connectivity index (χ4v) is 6.21. The molecule has 0 radical (unpaired) electrons. The van der Waals surface area contributed by atoms with E-state index in [0.717, 1.165) is 26.1 Å². The third-order valence-electron chi connectivity index (χ3n) is 7.70. The minimum atomic E-state index is -2.99. The molecule has 0 saturated carbocycles. The first-order valence-electron chi connectivity index (χ1n) is 15.1. The molecule has 14 heteroatoms. The lowest BCUT2D eigenvalue weighted by atomic mass is 9.93. The van der Waals surface area contributed by atoms with Crippen LogP contribution < -0.4 is 24.8 Å². The van der Waals surface area contributed by atoms with Crippen LogP contribution in [0, 0.1) is 0 Å². The number of carbonyl (C=O) groups is 1. The Hall–Kier alpha value is -4.43. The highest BCUT2D eigenvalue weighted by Crippen LogP contribution is 2.36. The van der Waals surface area contributed by atoms with Gasteiger partial charge in [-0.15, -0.1) is 0 Å². The van der Waals surface area contributed by atoms with Crippen LogP contribution in [0.3, 0.4) is 0 Å². The van der Waals surface area contributed by atoms with Crippen LogP contribution >= 0.6 is 0 Å². The van der Waals surface area contributed by atoms with Gasteiger partial charge in [0, 0.05) is 42.1 Å². The number of carbonyl (C=O) groups excluding carboxylic acids is 1. The molecule has 1 aliphatic rings. The summed E-state index contributed by atoms with van der Waals surface area (Å²) in [5.74, 6) is 2.79. The molecule has 2 N–H and O–H groups in total. The molecule has 0 unspecified atom stereocenters. The van der Waals surface area contributed by atoms with Crippen molar-refractivity contribution >= 4 is 38.3 Å². The zero-order chi connectivity index (χ0) is 32.9. The Balaban J connectivity index is 1.21. The predicted octanol–water partition coefficient (Wildman–Crippen LogP) is 5.64. The van der Waals surface area contributed by atoms with E-state index < -0.39 is 15.9 Å². The zero-order valence-corrected chi connectivity index (χ0v) is 27.5. The Morgan fingerprint density at radius 3 is 2.54 bits per heavy atom. The van der Waals surface area contributed by atoms with Crippen molar-refractivity contribution in [3.63, 3.8) is 0 Å². The lowest BCUT2D eigenvalue weighted by Gasteiger charge is -2.30. The number of ether oxygens (including phenoxy) is 3. The van der Waals surface area contributed by atoms with Crippen LogP contribution in [-0.4, -0.2) is 79.3 Å². The van der Waals surface area contributed by atoms with Crippen LogP contribution in [0.1, 0.15) is 45.8 Å². The molecule has 0 atom stereocenters. The average Bonchev–Trinajstić information content (AvgIpc) is 3.48. The van der Waals surface area contributed by atoms with Crippen molar-refractivity contribution in [1.29, 1.82) is 0 Å². The number of nitrogens with one attached hydrogen (secondary N) is 2. The van der Waals surface area contributed by atoms with Gasteiger partial charge in [0.1, 0.15) is 27.7 Å². The minimum absolute atomic E-state index is 0.236. The first kappa shape index (κ1) is 32.9. The summed E-state index contributed by atoms with van der Waals surface area (Å²) in [6.45, 7) is 8.75. The molecule has 0 aliphatic carbocycles. The molecule has 1 fully saturated rings. The fourth-order valence-electron chi connectivity index (χ4n) is 5.14. The smallest absolute Gasteiger partial charge is 0.324 e. The van der Waals surface area contributed by atoms with Gasteiger partial charge < -0.3 is 29.0 Å². The molecule has 1 aliphatic heterocycles. The third-order valence-corrected chi connectivity index (χ3v) is 9.38. The fraction of sp³-hybridized carbons (Fsp3) is 0.438. The molecule has 13 nitrogen and oxygen atoms in total. The second kappa shape index (κ2) is 13.9. The SMILES string of the molecule is COc1cc2ncnc(Oc3cccc(NC(=O)Nc4cc(C(C)(C)C)on4)c3)c2cc1OCCCN1CCC(S(C)(=O)=O)CC1. The van der Waals surface area contributed by atoms with Gasteiger partial charge in [0.25, 0.3) is 0 Å². The molecule has 5 rings (SSSR count). The number of methoxy groups -OCH3 is 1. The van der Waals surface area contributed by atoms with Crippen LogP contribution in [0.5, 0.6) is 23.1 Å². The van der Waals surface area contributed by atoms with Crippen LogP contribution in [0.2, 0.25) is 0 Å². The standard InChI is InChI=1S/C32H40N6O7S/c1-32(2,3)28-19-29(37-45-28)36-31(39)35-21-8-6-9-22(16-21)44-30-24-17-27(26(42-4)18-25(24)33-20-34-30)43-15-7-12-38-13-10-23(11-14-38)46(5,40)41/h6,8-9,16-20,23H,7,10-15H2,1-5H3,(H2,35,36,37,39). The van der Waals surface area contributed by atoms with E-state index in [1.165, 1.54) is 12.6 Å². The van der Waals surface area contributed by atoms with Crippen LogP contribution in [0.25, 0.3) is 10.9 Å². The van der Waals surface area contributed by atoms with E-state index in [0.29, 0.717) is 70.7 Å². The van der Waals surface area contributed by atoms with Crippen molar-refractivity contribution in [2.45, 2.75) is 50.7 Å². The van der Waals surface area contributed by atoms with Crippen LogP contribution in [-0.2, 0) is 15.3 Å². The van der Waals surface area contributed by atoms with E-state index in [1.54, 1.807) is 49.6 Å². The normalized spacial score (nSPS) is 14.6. The first-order valence-corrected chi connectivity index (χ1v) is 17.0. The maximum atomic E-state index is 12.6. The molecule has 0 bridgehead atoms. The van der Waals surface area contributed by atoms with Crippen LogP contribution in [0.4, 0.5) is 16.3 Å². The van der Waals surface area contributed by atoms with E-state index in [1.807, 2.05) is 20.8 Å². The molecule has 0 spiro atoms. The molecule has 2 aromatic heterocycles. The number of rotatable bonds is 11. The molecular formula is C32H40N6O7S. The molecule has 246 valence electrons. The van der Waals surface area contributed by atoms with Gasteiger partial charge >= 0.3 is 6.03 Å². The van der Waals surface area contributed by atoms with Crippen molar-refractivity contribution in [1.82, 2.24) is 20.0 Å². The zero-order valence-electron chi connectivity index (χ0n) is 26.7. The number of aromatic nitrogens is 3. The number of amides is 2. The number of anilines is 2. The second-order valence-electron chi connectivity index (χ2n) is 12.3. The van der Waals surface area contributed by atoms with Gasteiger partial charge in [-0.3, -0.25) is 5.32 Å². The Morgan fingerprint density at radius 1 is 1.07 bits per heavy atom. The number of piperidine rings is 1. The van der Waals surface area contributed by atoms with Gasteiger partial charge in [-0.2, -0.15) is 0 Å². The van der Waals surface area contributed by atoms with E-state index >= 15 is 0 Å². The maximum Gasteiger partial charge on any atom is 0.324 e. The molecule has 3 heterocycles. The van der Waals surface area contributed by atoms with Crippen molar-refractivity contribution < 1.29 is 31.9 Å². The monoisotopic (exact) mass is 652 g/mol. The Morgan fingerprint density at radius 2 is 1.85 bits per heavy atom.